The Morgan fingerprint density at radius 3 is 2.63 bits per heavy atom. The van der Waals surface area contributed by atoms with Gasteiger partial charge < -0.3 is 23.7 Å². The Bertz CT molecular complexity index is 1930. The number of fused-ring (bicyclic) bond motifs is 3. The Kier molecular flexibility index (Phi) is 8.68. The van der Waals surface area contributed by atoms with E-state index in [0.717, 1.165) is 65.9 Å². The number of nitrogens with zero attached hydrogens (tertiary/aromatic N) is 2. The average Bonchev–Trinajstić information content (AvgIpc) is 3.69. The van der Waals surface area contributed by atoms with Gasteiger partial charge in [-0.15, -0.1) is 0 Å². The number of aromatic nitrogens is 3. The van der Waals surface area contributed by atoms with Crippen LogP contribution >= 0.6 is 7.75 Å². The van der Waals surface area contributed by atoms with Crippen molar-refractivity contribution in [2.75, 3.05) is 6.61 Å². The van der Waals surface area contributed by atoms with Gasteiger partial charge in [0.25, 0.3) is 5.56 Å². The van der Waals surface area contributed by atoms with Crippen LogP contribution in [0.4, 0.5) is 4.39 Å². The molecule has 246 valence electrons. The first-order chi connectivity index (χ1) is 21.9. The van der Waals surface area contributed by atoms with Gasteiger partial charge in [-0.1, -0.05) is 24.3 Å². The number of benzene rings is 2. The van der Waals surface area contributed by atoms with Gasteiger partial charge in [-0.3, -0.25) is 23.7 Å². The van der Waals surface area contributed by atoms with Crippen molar-refractivity contribution in [1.82, 2.24) is 19.2 Å². The molecule has 0 spiro atoms. The van der Waals surface area contributed by atoms with Crippen molar-refractivity contribution in [2.24, 2.45) is 7.05 Å². The third-order valence-corrected chi connectivity index (χ3v) is 10.3. The standard InChI is InChI=1S/C31H36FN4O9P/c1-18(28(39)43-19-9-4-5-10-19)34-46(41,45-23-14-8-13-22-26(23)20-11-6-7-12-21(20)35(22)3)42-17-24-27(38)31(2,32)29(44-24)36-16-15-25(37)33-30(36)40/h6-8,11-16,18-19,24,27,29,38H,4-5,9-10,17H2,1-3H3,(H,34,41)(H,33,37,40)/t18-,24+,27+,29+,31+,46?/m0/s1. The molecule has 0 bridgehead atoms. The molecule has 2 aromatic carbocycles. The number of aliphatic hydroxyl groups excluding tert-OH is 1. The molecule has 1 aliphatic carbocycles. The van der Waals surface area contributed by atoms with E-state index < -0.39 is 61.7 Å². The predicted molar refractivity (Wildman–Crippen MR) is 166 cm³/mol. The number of halogens is 1. The molecule has 1 aliphatic heterocycles. The monoisotopic (exact) mass is 658 g/mol. The molecular weight excluding hydrogens is 622 g/mol. The van der Waals surface area contributed by atoms with Crippen LogP contribution in [0.2, 0.25) is 0 Å². The SMILES string of the molecule is C[C@H](NP(=O)(OC[C@H]1O[C@@H](n2ccc(=O)[nH]c2=O)[C@](C)(F)[C@@H]1O)Oc1cccc2c1c1ccccc1n2C)C(=O)OC1CCCC1. The zero-order chi connectivity index (χ0) is 32.8. The van der Waals surface area contributed by atoms with Crippen molar-refractivity contribution in [3.05, 3.63) is 75.6 Å². The molecule has 4 aromatic rings. The second-order valence-corrected chi connectivity index (χ2v) is 13.6. The Hall–Kier alpha value is -3.81. The molecule has 0 amide bonds. The quantitative estimate of drug-likeness (QED) is 0.169. The first kappa shape index (κ1) is 32.1. The van der Waals surface area contributed by atoms with E-state index in [2.05, 4.69) is 5.09 Å². The highest BCUT2D eigenvalue weighted by molar-refractivity contribution is 7.52. The third kappa shape index (κ3) is 6.03. The molecule has 15 heteroatoms. The largest absolute Gasteiger partial charge is 0.461 e. The lowest BCUT2D eigenvalue weighted by Crippen LogP contribution is -2.43. The van der Waals surface area contributed by atoms with E-state index in [1.165, 1.54) is 6.92 Å². The zero-order valence-corrected chi connectivity index (χ0v) is 26.4. The Morgan fingerprint density at radius 1 is 1.17 bits per heavy atom. The summed E-state index contributed by atoms with van der Waals surface area (Å²) in [6.45, 7) is 1.85. The van der Waals surface area contributed by atoms with Crippen molar-refractivity contribution in [3.63, 3.8) is 0 Å². The first-order valence-electron chi connectivity index (χ1n) is 15.1. The van der Waals surface area contributed by atoms with Gasteiger partial charge in [-0.05, 0) is 57.7 Å². The van der Waals surface area contributed by atoms with Crippen molar-refractivity contribution in [2.45, 2.75) is 75.8 Å². The van der Waals surface area contributed by atoms with E-state index in [1.807, 2.05) is 46.9 Å². The number of aliphatic hydroxyl groups is 1. The number of carbonyl (C=O) groups excluding carboxylic acids is 1. The number of esters is 1. The van der Waals surface area contributed by atoms with E-state index >= 15 is 4.39 Å². The molecule has 3 N–H and O–H groups in total. The predicted octanol–water partition coefficient (Wildman–Crippen LogP) is 3.84. The molecule has 46 heavy (non-hydrogen) atoms. The van der Waals surface area contributed by atoms with Gasteiger partial charge in [0.15, 0.2) is 11.9 Å². The van der Waals surface area contributed by atoms with Crippen LogP contribution in [0.15, 0.2) is 64.3 Å². The number of hydrogen-bond donors (Lipinski definition) is 3. The molecule has 2 fully saturated rings. The number of H-pyrrole nitrogens is 1. The lowest BCUT2D eigenvalue weighted by atomic mass is 9.98. The molecular formula is C31H36FN4O9P. The van der Waals surface area contributed by atoms with Crippen LogP contribution in [0.5, 0.6) is 5.75 Å². The van der Waals surface area contributed by atoms with Gasteiger partial charge in [-0.25, -0.2) is 13.8 Å². The van der Waals surface area contributed by atoms with E-state index in [0.29, 0.717) is 5.39 Å². The Morgan fingerprint density at radius 2 is 1.89 bits per heavy atom. The summed E-state index contributed by atoms with van der Waals surface area (Å²) in [6.07, 6.45) is -0.709. The highest BCUT2D eigenvalue weighted by Gasteiger charge is 2.56. The lowest BCUT2D eigenvalue weighted by molar-refractivity contribution is -0.150. The maximum atomic E-state index is 15.8. The van der Waals surface area contributed by atoms with E-state index in [9.17, 15) is 24.1 Å². The molecule has 3 heterocycles. The van der Waals surface area contributed by atoms with E-state index in [4.69, 9.17) is 18.5 Å². The maximum absolute atomic E-state index is 15.8. The van der Waals surface area contributed by atoms with Crippen LogP contribution < -0.4 is 20.9 Å². The molecule has 13 nitrogen and oxygen atoms in total. The van der Waals surface area contributed by atoms with Crippen LogP contribution in [0, 0.1) is 0 Å². The van der Waals surface area contributed by atoms with Crippen LogP contribution in [0.1, 0.15) is 45.8 Å². The van der Waals surface area contributed by atoms with Crippen molar-refractivity contribution >= 4 is 35.5 Å². The minimum Gasteiger partial charge on any atom is -0.461 e. The second kappa shape index (κ2) is 12.4. The number of rotatable bonds is 10. The maximum Gasteiger partial charge on any atom is 0.459 e. The molecule has 1 saturated heterocycles. The fraction of sp³-hybridized carbons (Fsp3) is 0.452. The Balaban J connectivity index is 1.29. The van der Waals surface area contributed by atoms with Crippen LogP contribution in [-0.4, -0.2) is 61.8 Å². The summed E-state index contributed by atoms with van der Waals surface area (Å²) >= 11 is 0. The summed E-state index contributed by atoms with van der Waals surface area (Å²) < 4.78 is 56.3. The smallest absolute Gasteiger partial charge is 0.459 e. The molecule has 6 atom stereocenters. The summed E-state index contributed by atoms with van der Waals surface area (Å²) in [4.78, 5) is 38.9. The lowest BCUT2D eigenvalue weighted by Gasteiger charge is -2.26. The fourth-order valence-corrected chi connectivity index (χ4v) is 7.68. The minimum absolute atomic E-state index is 0.197. The minimum atomic E-state index is -4.49. The number of para-hydroxylation sites is 1. The normalized spacial score (nSPS) is 25.5. The van der Waals surface area contributed by atoms with Crippen molar-refractivity contribution in [3.8, 4) is 5.75 Å². The average molecular weight is 659 g/mol. The molecule has 2 aliphatic rings. The van der Waals surface area contributed by atoms with Gasteiger partial charge in [0, 0.05) is 30.2 Å². The topological polar surface area (TPSA) is 163 Å². The van der Waals surface area contributed by atoms with Gasteiger partial charge in [-0.2, -0.15) is 5.09 Å². The third-order valence-electron chi connectivity index (χ3n) is 8.64. The summed E-state index contributed by atoms with van der Waals surface area (Å²) in [5.74, 6) is -0.448. The van der Waals surface area contributed by atoms with E-state index in [-0.39, 0.29) is 11.9 Å². The number of alkyl halides is 1. The highest BCUT2D eigenvalue weighted by Crippen LogP contribution is 2.50. The summed E-state index contributed by atoms with van der Waals surface area (Å²) in [7, 11) is -2.60. The van der Waals surface area contributed by atoms with E-state index in [1.54, 1.807) is 12.1 Å². The first-order valence-corrected chi connectivity index (χ1v) is 16.6. The highest BCUT2D eigenvalue weighted by atomic mass is 31.2. The summed E-state index contributed by atoms with van der Waals surface area (Å²) in [5, 5.41) is 15.0. The van der Waals surface area contributed by atoms with Crippen LogP contribution in [0.3, 0.4) is 0 Å². The van der Waals surface area contributed by atoms with Gasteiger partial charge in [0.05, 0.1) is 17.5 Å². The van der Waals surface area contributed by atoms with Crippen LogP contribution in [-0.2, 0) is 30.4 Å². The number of hydrogen-bond acceptors (Lipinski definition) is 9. The van der Waals surface area contributed by atoms with Crippen molar-refractivity contribution in [1.29, 1.82) is 0 Å². The summed E-state index contributed by atoms with van der Waals surface area (Å²) in [5.41, 5.74) is -2.45. The molecule has 1 unspecified atom stereocenters. The number of nitrogens with one attached hydrogen (secondary N) is 2. The summed E-state index contributed by atoms with van der Waals surface area (Å²) in [6, 6.07) is 12.7. The zero-order valence-electron chi connectivity index (χ0n) is 25.6. The number of ether oxygens (including phenoxy) is 2. The molecule has 2 aromatic heterocycles. The van der Waals surface area contributed by atoms with Crippen molar-refractivity contribution < 1.29 is 37.4 Å². The number of carbonyl (C=O) groups is 1. The molecule has 1 saturated carbocycles. The fourth-order valence-electron chi connectivity index (χ4n) is 6.17. The Labute approximate surface area is 262 Å². The van der Waals surface area contributed by atoms with Crippen LogP contribution in [0.25, 0.3) is 21.8 Å². The number of aryl methyl sites for hydroxylation is 1. The second-order valence-electron chi connectivity index (χ2n) is 11.9. The van der Waals surface area contributed by atoms with Gasteiger partial charge in [0.1, 0.15) is 30.1 Å². The molecule has 0 radical (unpaired) electrons. The molecule has 6 rings (SSSR count). The van der Waals surface area contributed by atoms with Gasteiger partial charge >= 0.3 is 19.4 Å². The number of aromatic amines is 1. The van der Waals surface area contributed by atoms with Gasteiger partial charge in [0.2, 0.25) is 0 Å².